The normalized spacial score (nSPS) is 10.9. The van der Waals surface area contributed by atoms with Crippen molar-refractivity contribution in [2.45, 2.75) is 124 Å². The van der Waals surface area contributed by atoms with Gasteiger partial charge in [-0.2, -0.15) is 0 Å². The molecule has 1 heterocycles. The Morgan fingerprint density at radius 2 is 1.09 bits per heavy atom. The SMILES string of the molecule is CCCCCCCCCCCCCCCCCC(=O)Nc1ccc(Nc2nc(C)cc(C)n2)cc1. The first-order chi connectivity index (χ1) is 17.1. The third-order valence-corrected chi connectivity index (χ3v) is 6.41. The first kappa shape index (κ1) is 28.8. The smallest absolute Gasteiger partial charge is 0.227 e. The summed E-state index contributed by atoms with van der Waals surface area (Å²) in [5.74, 6) is 0.686. The molecular weight excluding hydrogens is 432 g/mol. The van der Waals surface area contributed by atoms with Gasteiger partial charge in [-0.15, -0.1) is 0 Å². The third kappa shape index (κ3) is 13.9. The number of nitrogens with one attached hydrogen (secondary N) is 2. The van der Waals surface area contributed by atoms with E-state index in [1.807, 2.05) is 44.2 Å². The molecule has 0 fully saturated rings. The first-order valence-electron chi connectivity index (χ1n) is 14.1. The summed E-state index contributed by atoms with van der Waals surface area (Å²) in [5.41, 5.74) is 3.59. The minimum absolute atomic E-state index is 0.0954. The van der Waals surface area contributed by atoms with Gasteiger partial charge in [0.05, 0.1) is 0 Å². The van der Waals surface area contributed by atoms with Crippen LogP contribution >= 0.6 is 0 Å². The van der Waals surface area contributed by atoms with Crippen molar-refractivity contribution in [2.24, 2.45) is 0 Å². The maximum Gasteiger partial charge on any atom is 0.227 e. The standard InChI is InChI=1S/C30H48N4O/c1-4-5-6-7-8-9-10-11-12-13-14-15-16-17-18-19-29(35)33-27-20-22-28(23-21-27)34-30-31-25(2)24-26(3)32-30/h20-24H,4-19H2,1-3H3,(H,33,35)(H,31,32,34). The Labute approximate surface area is 213 Å². The van der Waals surface area contributed by atoms with E-state index in [1.165, 1.54) is 83.5 Å². The molecule has 1 aromatic heterocycles. The Hall–Kier alpha value is -2.43. The number of carbonyl (C=O) groups is 1. The van der Waals surface area contributed by atoms with Crippen molar-refractivity contribution in [1.82, 2.24) is 9.97 Å². The summed E-state index contributed by atoms with van der Waals surface area (Å²) in [6.45, 7) is 6.19. The molecule has 0 radical (unpaired) electrons. The van der Waals surface area contributed by atoms with Gasteiger partial charge in [0.2, 0.25) is 11.9 Å². The predicted octanol–water partition coefficient (Wildman–Crippen LogP) is 9.04. The van der Waals surface area contributed by atoms with Crippen molar-refractivity contribution in [3.8, 4) is 0 Å². The monoisotopic (exact) mass is 480 g/mol. The topological polar surface area (TPSA) is 66.9 Å². The summed E-state index contributed by atoms with van der Waals surface area (Å²) < 4.78 is 0. The van der Waals surface area contributed by atoms with Gasteiger partial charge in [-0.25, -0.2) is 9.97 Å². The first-order valence-corrected chi connectivity index (χ1v) is 14.1. The van der Waals surface area contributed by atoms with E-state index >= 15 is 0 Å². The molecule has 0 spiro atoms. The minimum atomic E-state index is 0.0954. The molecule has 5 nitrogen and oxygen atoms in total. The van der Waals surface area contributed by atoms with Gasteiger partial charge in [0.15, 0.2) is 0 Å². The Morgan fingerprint density at radius 1 is 0.657 bits per heavy atom. The lowest BCUT2D eigenvalue weighted by Gasteiger charge is -2.09. The summed E-state index contributed by atoms with van der Waals surface area (Å²) in [4.78, 5) is 21.0. The quantitative estimate of drug-likeness (QED) is 0.197. The van der Waals surface area contributed by atoms with Crippen LogP contribution in [0.15, 0.2) is 30.3 Å². The molecule has 0 unspecified atom stereocenters. The average molecular weight is 481 g/mol. The number of amides is 1. The molecule has 194 valence electrons. The van der Waals surface area contributed by atoms with Gasteiger partial charge in [0, 0.05) is 29.2 Å². The molecule has 1 amide bonds. The van der Waals surface area contributed by atoms with Gasteiger partial charge in [0.1, 0.15) is 0 Å². The van der Waals surface area contributed by atoms with Crippen molar-refractivity contribution in [2.75, 3.05) is 10.6 Å². The average Bonchev–Trinajstić information content (AvgIpc) is 2.82. The van der Waals surface area contributed by atoms with E-state index in [2.05, 4.69) is 27.5 Å². The maximum absolute atomic E-state index is 12.3. The van der Waals surface area contributed by atoms with E-state index in [-0.39, 0.29) is 5.91 Å². The molecule has 0 bridgehead atoms. The summed E-state index contributed by atoms with van der Waals surface area (Å²) in [6.07, 6.45) is 20.6. The molecule has 0 saturated heterocycles. The van der Waals surface area contributed by atoms with E-state index in [9.17, 15) is 4.79 Å². The number of rotatable bonds is 19. The second-order valence-electron chi connectivity index (χ2n) is 9.92. The molecule has 0 aliphatic carbocycles. The maximum atomic E-state index is 12.3. The molecular formula is C30H48N4O. The molecule has 1 aromatic carbocycles. The number of carbonyl (C=O) groups excluding carboxylic acids is 1. The number of nitrogens with zero attached hydrogens (tertiary/aromatic N) is 2. The van der Waals surface area contributed by atoms with Gasteiger partial charge in [-0.1, -0.05) is 96.8 Å². The van der Waals surface area contributed by atoms with E-state index in [0.717, 1.165) is 35.6 Å². The summed E-state index contributed by atoms with van der Waals surface area (Å²) in [6, 6.07) is 9.64. The van der Waals surface area contributed by atoms with Crippen molar-refractivity contribution in [1.29, 1.82) is 0 Å². The molecule has 0 aliphatic rings. The lowest BCUT2D eigenvalue weighted by atomic mass is 10.0. The number of aryl methyl sites for hydroxylation is 2. The highest BCUT2D eigenvalue weighted by molar-refractivity contribution is 5.90. The number of hydrogen-bond acceptors (Lipinski definition) is 4. The number of anilines is 3. The predicted molar refractivity (Wildman–Crippen MR) is 149 cm³/mol. The molecule has 0 saturated carbocycles. The van der Waals surface area contributed by atoms with Crippen LogP contribution in [0.3, 0.4) is 0 Å². The van der Waals surface area contributed by atoms with E-state index in [4.69, 9.17) is 0 Å². The zero-order chi connectivity index (χ0) is 25.1. The zero-order valence-electron chi connectivity index (χ0n) is 22.5. The zero-order valence-corrected chi connectivity index (χ0v) is 22.5. The number of hydrogen-bond donors (Lipinski definition) is 2. The van der Waals surface area contributed by atoms with Crippen LogP contribution in [0.25, 0.3) is 0 Å². The summed E-state index contributed by atoms with van der Waals surface area (Å²) >= 11 is 0. The van der Waals surface area contributed by atoms with Crippen molar-refractivity contribution < 1.29 is 4.79 Å². The highest BCUT2D eigenvalue weighted by Gasteiger charge is 2.04. The van der Waals surface area contributed by atoms with Gasteiger partial charge < -0.3 is 10.6 Å². The molecule has 5 heteroatoms. The van der Waals surface area contributed by atoms with Gasteiger partial charge in [-0.05, 0) is 50.6 Å². The van der Waals surface area contributed by atoms with Crippen LogP contribution in [0, 0.1) is 13.8 Å². The number of unbranched alkanes of at least 4 members (excludes halogenated alkanes) is 14. The third-order valence-electron chi connectivity index (χ3n) is 6.41. The fourth-order valence-electron chi connectivity index (χ4n) is 4.43. The summed E-state index contributed by atoms with van der Waals surface area (Å²) in [7, 11) is 0. The van der Waals surface area contributed by atoms with Crippen molar-refractivity contribution in [3.05, 3.63) is 41.7 Å². The van der Waals surface area contributed by atoms with E-state index in [0.29, 0.717) is 12.4 Å². The van der Waals surface area contributed by atoms with Crippen LogP contribution in [0.4, 0.5) is 17.3 Å². The molecule has 2 N–H and O–H groups in total. The Kier molecular flexibility index (Phi) is 14.8. The second kappa shape index (κ2) is 17.9. The number of aromatic nitrogens is 2. The van der Waals surface area contributed by atoms with Crippen LogP contribution in [0.2, 0.25) is 0 Å². The molecule has 2 aromatic rings. The van der Waals surface area contributed by atoms with Gasteiger partial charge in [-0.3, -0.25) is 4.79 Å². The van der Waals surface area contributed by atoms with Crippen LogP contribution in [-0.4, -0.2) is 15.9 Å². The lowest BCUT2D eigenvalue weighted by molar-refractivity contribution is -0.116. The highest BCUT2D eigenvalue weighted by atomic mass is 16.1. The summed E-state index contributed by atoms with van der Waals surface area (Å²) in [5, 5.41) is 6.22. The molecule has 0 atom stereocenters. The largest absolute Gasteiger partial charge is 0.326 e. The second-order valence-corrected chi connectivity index (χ2v) is 9.92. The van der Waals surface area contributed by atoms with Crippen LogP contribution in [0.5, 0.6) is 0 Å². The highest BCUT2D eigenvalue weighted by Crippen LogP contribution is 2.18. The van der Waals surface area contributed by atoms with E-state index < -0.39 is 0 Å². The van der Waals surface area contributed by atoms with Crippen LogP contribution in [-0.2, 0) is 4.79 Å². The van der Waals surface area contributed by atoms with E-state index in [1.54, 1.807) is 0 Å². The minimum Gasteiger partial charge on any atom is -0.326 e. The van der Waals surface area contributed by atoms with Crippen LogP contribution in [0.1, 0.15) is 121 Å². The Bertz CT molecular complexity index is 815. The van der Waals surface area contributed by atoms with Gasteiger partial charge in [0.25, 0.3) is 0 Å². The molecule has 2 rings (SSSR count). The van der Waals surface area contributed by atoms with Crippen LogP contribution < -0.4 is 10.6 Å². The Balaban J connectivity index is 1.46. The van der Waals surface area contributed by atoms with Crippen molar-refractivity contribution in [3.63, 3.8) is 0 Å². The van der Waals surface area contributed by atoms with Crippen molar-refractivity contribution >= 4 is 23.2 Å². The Morgan fingerprint density at radius 3 is 1.57 bits per heavy atom. The molecule has 35 heavy (non-hydrogen) atoms. The van der Waals surface area contributed by atoms with Gasteiger partial charge >= 0.3 is 0 Å². The lowest BCUT2D eigenvalue weighted by Crippen LogP contribution is -2.11. The fourth-order valence-corrected chi connectivity index (χ4v) is 4.43. The fraction of sp³-hybridized carbons (Fsp3) is 0.633. The number of benzene rings is 1. The molecule has 0 aliphatic heterocycles.